The van der Waals surface area contributed by atoms with E-state index in [-0.39, 0.29) is 0 Å². The molecule has 0 aliphatic heterocycles. The van der Waals surface area contributed by atoms with E-state index in [0.717, 1.165) is 12.5 Å². The van der Waals surface area contributed by atoms with Gasteiger partial charge in [0.15, 0.2) is 0 Å². The number of hydrogen-bond acceptors (Lipinski definition) is 2. The Hall–Kier alpha value is -0.990. The molecule has 0 bridgehead atoms. The monoisotopic (exact) mass is 223 g/mol. The summed E-state index contributed by atoms with van der Waals surface area (Å²) < 4.78 is 2.20. The summed E-state index contributed by atoms with van der Waals surface area (Å²) >= 11 is 0. The molecular formula is C13H25N3. The molecule has 3 heteroatoms. The van der Waals surface area contributed by atoms with Crippen LogP contribution in [0.5, 0.6) is 0 Å². The molecule has 1 heterocycles. The van der Waals surface area contributed by atoms with Crippen LogP contribution in [0.25, 0.3) is 0 Å². The number of aromatic nitrogens is 2. The topological polar surface area (TPSA) is 29.9 Å². The van der Waals surface area contributed by atoms with E-state index in [9.17, 15) is 0 Å². The molecule has 16 heavy (non-hydrogen) atoms. The summed E-state index contributed by atoms with van der Waals surface area (Å²) in [7, 11) is 0. The molecule has 1 rings (SSSR count). The van der Waals surface area contributed by atoms with Crippen molar-refractivity contribution < 1.29 is 0 Å². The van der Waals surface area contributed by atoms with Crippen LogP contribution >= 0.6 is 0 Å². The molecule has 1 aromatic heterocycles. The predicted molar refractivity (Wildman–Crippen MR) is 69.7 cm³/mol. The molecule has 92 valence electrons. The van der Waals surface area contributed by atoms with Crippen molar-refractivity contribution in [1.82, 2.24) is 9.55 Å². The van der Waals surface area contributed by atoms with E-state index in [4.69, 9.17) is 0 Å². The van der Waals surface area contributed by atoms with Crippen molar-refractivity contribution in [1.29, 1.82) is 0 Å². The van der Waals surface area contributed by atoms with Crippen molar-refractivity contribution in [3.05, 3.63) is 12.4 Å². The van der Waals surface area contributed by atoms with E-state index < -0.39 is 0 Å². The van der Waals surface area contributed by atoms with Crippen LogP contribution in [0, 0.1) is 5.92 Å². The number of rotatable bonds is 7. The minimum absolute atomic E-state index is 0.508. The molecule has 0 saturated heterocycles. The molecule has 1 N–H and O–H groups in total. The Bertz CT molecular complexity index is 291. The Morgan fingerprint density at radius 2 is 2.12 bits per heavy atom. The molecule has 1 atom stereocenters. The summed E-state index contributed by atoms with van der Waals surface area (Å²) in [6.07, 6.45) is 7.67. The molecule has 0 radical (unpaired) electrons. The molecule has 0 amide bonds. The highest BCUT2D eigenvalue weighted by Gasteiger charge is 2.07. The summed E-state index contributed by atoms with van der Waals surface area (Å²) in [6, 6.07) is 0.508. The van der Waals surface area contributed by atoms with Gasteiger partial charge in [0.25, 0.3) is 0 Å². The second-order valence-corrected chi connectivity index (χ2v) is 4.98. The fourth-order valence-corrected chi connectivity index (χ4v) is 1.79. The first-order chi connectivity index (χ1) is 7.63. The third kappa shape index (κ3) is 4.25. The van der Waals surface area contributed by atoms with Crippen LogP contribution in [0.15, 0.2) is 12.4 Å². The fraction of sp³-hybridized carbons (Fsp3) is 0.769. The Morgan fingerprint density at radius 1 is 1.38 bits per heavy atom. The molecule has 3 nitrogen and oxygen atoms in total. The van der Waals surface area contributed by atoms with Crippen LogP contribution in [0.4, 0.5) is 5.95 Å². The summed E-state index contributed by atoms with van der Waals surface area (Å²) in [5, 5.41) is 3.48. The fourth-order valence-electron chi connectivity index (χ4n) is 1.79. The van der Waals surface area contributed by atoms with Crippen LogP contribution in [-0.2, 0) is 6.54 Å². The summed E-state index contributed by atoms with van der Waals surface area (Å²) in [4.78, 5) is 4.37. The molecule has 0 fully saturated rings. The number of nitrogens with one attached hydrogen (secondary N) is 1. The van der Waals surface area contributed by atoms with Crippen molar-refractivity contribution in [3.63, 3.8) is 0 Å². The first kappa shape index (κ1) is 13.1. The highest BCUT2D eigenvalue weighted by Crippen LogP contribution is 2.11. The van der Waals surface area contributed by atoms with Crippen LogP contribution in [0.3, 0.4) is 0 Å². The van der Waals surface area contributed by atoms with E-state index in [2.05, 4.69) is 48.8 Å². The maximum atomic E-state index is 4.37. The lowest BCUT2D eigenvalue weighted by Gasteiger charge is -2.16. The summed E-state index contributed by atoms with van der Waals surface area (Å²) in [6.45, 7) is 9.94. The van der Waals surface area contributed by atoms with Gasteiger partial charge in [-0.15, -0.1) is 0 Å². The van der Waals surface area contributed by atoms with Crippen molar-refractivity contribution >= 4 is 5.95 Å². The predicted octanol–water partition coefficient (Wildman–Crippen LogP) is 3.53. The van der Waals surface area contributed by atoms with Gasteiger partial charge in [0.1, 0.15) is 0 Å². The lowest BCUT2D eigenvalue weighted by Crippen LogP contribution is -2.19. The van der Waals surface area contributed by atoms with E-state index in [1.807, 2.05) is 6.20 Å². The van der Waals surface area contributed by atoms with Gasteiger partial charge in [-0.25, -0.2) is 4.98 Å². The van der Waals surface area contributed by atoms with Crippen LogP contribution in [0.1, 0.15) is 47.0 Å². The maximum Gasteiger partial charge on any atom is 0.202 e. The number of hydrogen-bond donors (Lipinski definition) is 1. The second-order valence-electron chi connectivity index (χ2n) is 4.98. The minimum atomic E-state index is 0.508. The van der Waals surface area contributed by atoms with Crippen LogP contribution in [-0.4, -0.2) is 15.6 Å². The Kier molecular flexibility index (Phi) is 5.36. The summed E-state index contributed by atoms with van der Waals surface area (Å²) in [5.41, 5.74) is 0. The molecule has 1 unspecified atom stereocenters. The third-order valence-electron chi connectivity index (χ3n) is 2.64. The first-order valence-electron chi connectivity index (χ1n) is 6.41. The average molecular weight is 223 g/mol. The Morgan fingerprint density at radius 3 is 2.75 bits per heavy atom. The normalized spacial score (nSPS) is 13.1. The van der Waals surface area contributed by atoms with Gasteiger partial charge in [-0.3, -0.25) is 0 Å². The van der Waals surface area contributed by atoms with E-state index in [0.29, 0.717) is 12.0 Å². The molecular weight excluding hydrogens is 198 g/mol. The molecule has 0 aliphatic rings. The second kappa shape index (κ2) is 6.56. The first-order valence-corrected chi connectivity index (χ1v) is 6.41. The smallest absolute Gasteiger partial charge is 0.202 e. The molecule has 0 saturated carbocycles. The molecule has 0 aromatic carbocycles. The maximum absolute atomic E-state index is 4.37. The number of nitrogens with zero attached hydrogens (tertiary/aromatic N) is 2. The average Bonchev–Trinajstić information content (AvgIpc) is 2.62. The standard InChI is InChI=1S/C13H25N3/c1-5-6-7-12(4)15-13-14-8-9-16(13)10-11(2)3/h8-9,11-12H,5-7,10H2,1-4H3,(H,14,15). The molecule has 0 aliphatic carbocycles. The minimum Gasteiger partial charge on any atom is -0.353 e. The number of unbranched alkanes of at least 4 members (excludes halogenated alkanes) is 1. The van der Waals surface area contributed by atoms with Crippen molar-refractivity contribution in [2.75, 3.05) is 5.32 Å². The number of imidazole rings is 1. The zero-order chi connectivity index (χ0) is 12.0. The largest absolute Gasteiger partial charge is 0.353 e. The van der Waals surface area contributed by atoms with Crippen molar-refractivity contribution in [2.24, 2.45) is 5.92 Å². The molecule has 1 aromatic rings. The van der Waals surface area contributed by atoms with E-state index >= 15 is 0 Å². The van der Waals surface area contributed by atoms with Gasteiger partial charge in [0.2, 0.25) is 5.95 Å². The Balaban J connectivity index is 2.49. The highest BCUT2D eigenvalue weighted by atomic mass is 15.2. The van der Waals surface area contributed by atoms with Gasteiger partial charge < -0.3 is 9.88 Å². The zero-order valence-electron chi connectivity index (χ0n) is 11.0. The SMILES string of the molecule is CCCCC(C)Nc1nccn1CC(C)C. The Labute approximate surface area is 99.3 Å². The van der Waals surface area contributed by atoms with Gasteiger partial charge in [0, 0.05) is 25.0 Å². The van der Waals surface area contributed by atoms with Crippen LogP contribution in [0.2, 0.25) is 0 Å². The zero-order valence-corrected chi connectivity index (χ0v) is 11.0. The number of anilines is 1. The van der Waals surface area contributed by atoms with Gasteiger partial charge in [-0.2, -0.15) is 0 Å². The van der Waals surface area contributed by atoms with Crippen molar-refractivity contribution in [2.45, 2.75) is 59.5 Å². The van der Waals surface area contributed by atoms with Gasteiger partial charge in [-0.05, 0) is 19.3 Å². The molecule has 0 spiro atoms. The van der Waals surface area contributed by atoms with E-state index in [1.54, 1.807) is 0 Å². The lowest BCUT2D eigenvalue weighted by atomic mass is 10.1. The van der Waals surface area contributed by atoms with Gasteiger partial charge >= 0.3 is 0 Å². The highest BCUT2D eigenvalue weighted by molar-refractivity contribution is 5.27. The van der Waals surface area contributed by atoms with Gasteiger partial charge in [0.05, 0.1) is 0 Å². The lowest BCUT2D eigenvalue weighted by molar-refractivity contribution is 0.522. The third-order valence-corrected chi connectivity index (χ3v) is 2.64. The summed E-state index contributed by atoms with van der Waals surface area (Å²) in [5.74, 6) is 1.66. The quantitative estimate of drug-likeness (QED) is 0.766. The van der Waals surface area contributed by atoms with Crippen molar-refractivity contribution in [3.8, 4) is 0 Å². The van der Waals surface area contributed by atoms with E-state index in [1.165, 1.54) is 19.3 Å². The van der Waals surface area contributed by atoms with Crippen LogP contribution < -0.4 is 5.32 Å². The van der Waals surface area contributed by atoms with Gasteiger partial charge in [-0.1, -0.05) is 33.6 Å².